The second-order valence-corrected chi connectivity index (χ2v) is 3.83. The smallest absolute Gasteiger partial charge is 0.236 e. The molecule has 0 aromatic heterocycles. The number of halogens is 2. The largest absolute Gasteiger partial charge is 0.368 e. The van der Waals surface area contributed by atoms with E-state index in [0.29, 0.717) is 13.1 Å². The van der Waals surface area contributed by atoms with Crippen molar-refractivity contribution in [2.24, 2.45) is 5.73 Å². The number of carbonyl (C=O) groups is 1. The van der Waals surface area contributed by atoms with Gasteiger partial charge in [-0.15, -0.1) is 12.4 Å². The molecule has 17 heavy (non-hydrogen) atoms. The van der Waals surface area contributed by atoms with Crippen LogP contribution < -0.4 is 16.0 Å². The molecule has 6 heteroatoms. The standard InChI is InChI=1S/C11H14FN3O.ClH/c12-8-1-3-9(4-2-8)15-6-5-14-10(7-15)11(13)16;/h1-4,10,14H,5-7H2,(H2,13,16);1H. The predicted octanol–water partition coefficient (Wildman–Crippen LogP) is 0.511. The average Bonchev–Trinajstić information content (AvgIpc) is 2.30. The minimum Gasteiger partial charge on any atom is -0.368 e. The summed E-state index contributed by atoms with van der Waals surface area (Å²) in [7, 11) is 0. The lowest BCUT2D eigenvalue weighted by molar-refractivity contribution is -0.120. The van der Waals surface area contributed by atoms with Crippen LogP contribution in [0.3, 0.4) is 0 Å². The van der Waals surface area contributed by atoms with Crippen molar-refractivity contribution in [3.63, 3.8) is 0 Å². The molecule has 1 saturated heterocycles. The lowest BCUT2D eigenvalue weighted by atomic mass is 10.1. The molecule has 1 aromatic rings. The van der Waals surface area contributed by atoms with E-state index in [1.165, 1.54) is 12.1 Å². The third-order valence-corrected chi connectivity index (χ3v) is 2.71. The Morgan fingerprint density at radius 3 is 2.65 bits per heavy atom. The van der Waals surface area contributed by atoms with Gasteiger partial charge in [0.25, 0.3) is 0 Å². The van der Waals surface area contributed by atoms with E-state index < -0.39 is 0 Å². The molecule has 1 fully saturated rings. The van der Waals surface area contributed by atoms with Crippen molar-refractivity contribution < 1.29 is 9.18 Å². The van der Waals surface area contributed by atoms with Crippen LogP contribution in [0.1, 0.15) is 0 Å². The minimum atomic E-state index is -0.355. The Morgan fingerprint density at radius 1 is 1.41 bits per heavy atom. The van der Waals surface area contributed by atoms with Crippen LogP contribution in [-0.2, 0) is 4.79 Å². The first-order valence-electron chi connectivity index (χ1n) is 5.20. The Labute approximate surface area is 105 Å². The van der Waals surface area contributed by atoms with E-state index in [1.54, 1.807) is 12.1 Å². The van der Waals surface area contributed by atoms with Gasteiger partial charge in [0.15, 0.2) is 0 Å². The summed E-state index contributed by atoms with van der Waals surface area (Å²) < 4.78 is 12.8. The van der Waals surface area contributed by atoms with Gasteiger partial charge in [0.1, 0.15) is 11.9 Å². The Bertz CT molecular complexity index is 385. The molecule has 3 N–H and O–H groups in total. The molecule has 1 amide bonds. The number of nitrogens with zero attached hydrogens (tertiary/aromatic N) is 1. The van der Waals surface area contributed by atoms with Crippen molar-refractivity contribution in [1.29, 1.82) is 0 Å². The third-order valence-electron chi connectivity index (χ3n) is 2.71. The zero-order valence-electron chi connectivity index (χ0n) is 9.23. The SMILES string of the molecule is Cl.NC(=O)C1CN(c2ccc(F)cc2)CCN1. The Hall–Kier alpha value is -1.33. The van der Waals surface area contributed by atoms with Gasteiger partial charge in [0.2, 0.25) is 5.91 Å². The van der Waals surface area contributed by atoms with Gasteiger partial charge in [-0.25, -0.2) is 4.39 Å². The lowest BCUT2D eigenvalue weighted by Crippen LogP contribution is -2.56. The van der Waals surface area contributed by atoms with Gasteiger partial charge in [-0.2, -0.15) is 0 Å². The quantitative estimate of drug-likeness (QED) is 0.814. The highest BCUT2D eigenvalue weighted by Crippen LogP contribution is 2.16. The molecule has 0 radical (unpaired) electrons. The summed E-state index contributed by atoms with van der Waals surface area (Å²) in [5, 5.41) is 3.04. The van der Waals surface area contributed by atoms with Crippen LogP contribution in [0, 0.1) is 5.82 Å². The van der Waals surface area contributed by atoms with Crippen molar-refractivity contribution in [2.75, 3.05) is 24.5 Å². The highest BCUT2D eigenvalue weighted by atomic mass is 35.5. The topological polar surface area (TPSA) is 58.4 Å². The van der Waals surface area contributed by atoms with Crippen LogP contribution in [0.2, 0.25) is 0 Å². The molecule has 4 nitrogen and oxygen atoms in total. The molecule has 0 aliphatic carbocycles. The van der Waals surface area contributed by atoms with Gasteiger partial charge >= 0.3 is 0 Å². The lowest BCUT2D eigenvalue weighted by Gasteiger charge is -2.33. The fourth-order valence-corrected chi connectivity index (χ4v) is 1.83. The molecule has 1 unspecified atom stereocenters. The molecule has 1 heterocycles. The second kappa shape index (κ2) is 5.84. The second-order valence-electron chi connectivity index (χ2n) is 3.83. The number of nitrogens with two attached hydrogens (primary N) is 1. The molecule has 0 bridgehead atoms. The van der Waals surface area contributed by atoms with E-state index in [4.69, 9.17) is 5.73 Å². The van der Waals surface area contributed by atoms with Crippen LogP contribution in [0.15, 0.2) is 24.3 Å². The van der Waals surface area contributed by atoms with Gasteiger partial charge in [-0.3, -0.25) is 4.79 Å². The first kappa shape index (κ1) is 13.7. The number of piperazine rings is 1. The van der Waals surface area contributed by atoms with E-state index in [9.17, 15) is 9.18 Å². The molecule has 1 atom stereocenters. The van der Waals surface area contributed by atoms with E-state index in [0.717, 1.165) is 12.2 Å². The highest BCUT2D eigenvalue weighted by Gasteiger charge is 2.23. The van der Waals surface area contributed by atoms with E-state index >= 15 is 0 Å². The molecule has 1 aromatic carbocycles. The van der Waals surface area contributed by atoms with Crippen molar-refractivity contribution in [3.05, 3.63) is 30.1 Å². The summed E-state index contributed by atoms with van der Waals surface area (Å²) in [6, 6.07) is 5.91. The fraction of sp³-hybridized carbons (Fsp3) is 0.364. The Kier molecular flexibility index (Phi) is 4.72. The first-order valence-corrected chi connectivity index (χ1v) is 5.20. The monoisotopic (exact) mass is 259 g/mol. The molecular formula is C11H15ClFN3O. The summed E-state index contributed by atoms with van der Waals surface area (Å²) in [6.45, 7) is 2.02. The molecular weight excluding hydrogens is 245 g/mol. The number of nitrogens with one attached hydrogen (secondary N) is 1. The predicted molar refractivity (Wildman–Crippen MR) is 66.8 cm³/mol. The maximum Gasteiger partial charge on any atom is 0.236 e. The number of anilines is 1. The van der Waals surface area contributed by atoms with Crippen molar-refractivity contribution >= 4 is 24.0 Å². The zero-order valence-corrected chi connectivity index (χ0v) is 10.0. The Morgan fingerprint density at radius 2 is 2.06 bits per heavy atom. The summed E-state index contributed by atoms with van der Waals surface area (Å²) in [6.07, 6.45) is 0. The van der Waals surface area contributed by atoms with E-state index in [1.807, 2.05) is 4.90 Å². The van der Waals surface area contributed by atoms with Crippen LogP contribution in [-0.4, -0.2) is 31.6 Å². The summed E-state index contributed by atoms with van der Waals surface area (Å²) in [4.78, 5) is 13.1. The number of hydrogen-bond donors (Lipinski definition) is 2. The number of amides is 1. The number of hydrogen-bond acceptors (Lipinski definition) is 3. The summed E-state index contributed by atoms with van der Waals surface area (Å²) >= 11 is 0. The van der Waals surface area contributed by atoms with Crippen LogP contribution in [0.5, 0.6) is 0 Å². The maximum atomic E-state index is 12.8. The first-order chi connectivity index (χ1) is 7.66. The molecule has 1 aliphatic heterocycles. The summed E-state index contributed by atoms with van der Waals surface area (Å²) in [5.41, 5.74) is 6.15. The minimum absolute atomic E-state index is 0. The molecule has 0 spiro atoms. The van der Waals surface area contributed by atoms with E-state index in [2.05, 4.69) is 5.32 Å². The Balaban J connectivity index is 0.00000144. The van der Waals surface area contributed by atoms with Crippen LogP contribution in [0.4, 0.5) is 10.1 Å². The van der Waals surface area contributed by atoms with Gasteiger partial charge in [-0.05, 0) is 24.3 Å². The highest BCUT2D eigenvalue weighted by molar-refractivity contribution is 5.85. The van der Waals surface area contributed by atoms with Crippen molar-refractivity contribution in [2.45, 2.75) is 6.04 Å². The van der Waals surface area contributed by atoms with Crippen molar-refractivity contribution in [3.8, 4) is 0 Å². The van der Waals surface area contributed by atoms with Gasteiger partial charge in [0.05, 0.1) is 0 Å². The number of carbonyl (C=O) groups excluding carboxylic acids is 1. The third kappa shape index (κ3) is 3.31. The number of primary amides is 1. The number of benzene rings is 1. The summed E-state index contributed by atoms with van der Waals surface area (Å²) in [5.74, 6) is -0.614. The maximum absolute atomic E-state index is 12.8. The fourth-order valence-electron chi connectivity index (χ4n) is 1.83. The molecule has 1 aliphatic rings. The van der Waals surface area contributed by atoms with Crippen LogP contribution in [0.25, 0.3) is 0 Å². The van der Waals surface area contributed by atoms with Crippen LogP contribution >= 0.6 is 12.4 Å². The average molecular weight is 260 g/mol. The molecule has 2 rings (SSSR count). The van der Waals surface area contributed by atoms with Gasteiger partial charge in [-0.1, -0.05) is 0 Å². The van der Waals surface area contributed by atoms with Crippen molar-refractivity contribution in [1.82, 2.24) is 5.32 Å². The number of rotatable bonds is 2. The van der Waals surface area contributed by atoms with Gasteiger partial charge < -0.3 is 16.0 Å². The molecule has 0 saturated carbocycles. The van der Waals surface area contributed by atoms with E-state index in [-0.39, 0.29) is 30.2 Å². The van der Waals surface area contributed by atoms with Gasteiger partial charge in [0, 0.05) is 25.3 Å². The normalized spacial score (nSPS) is 19.6. The zero-order chi connectivity index (χ0) is 11.5. The molecule has 94 valence electrons.